The molecule has 4 nitrogen and oxygen atoms in total. The van der Waals surface area contributed by atoms with E-state index >= 15 is 0 Å². The van der Waals surface area contributed by atoms with Gasteiger partial charge in [0.2, 0.25) is 0 Å². The first-order valence-electron chi connectivity index (χ1n) is 9.13. The fourth-order valence-electron chi connectivity index (χ4n) is 4.41. The van der Waals surface area contributed by atoms with E-state index in [9.17, 15) is 9.90 Å². The minimum atomic E-state index is -0.946. The van der Waals surface area contributed by atoms with Crippen LogP contribution in [0.2, 0.25) is 0 Å². The largest absolute Gasteiger partial charge is 0.487 e. The molecule has 2 aliphatic rings. The number of aromatic carboxylic acids is 1. The summed E-state index contributed by atoms with van der Waals surface area (Å²) in [6.07, 6.45) is 0.981. The molecule has 2 aromatic carbocycles. The minimum Gasteiger partial charge on any atom is -0.487 e. The van der Waals surface area contributed by atoms with Crippen molar-refractivity contribution in [2.24, 2.45) is 5.92 Å². The Hall–Kier alpha value is -2.33. The number of benzene rings is 2. The van der Waals surface area contributed by atoms with E-state index in [0.29, 0.717) is 11.7 Å². The zero-order chi connectivity index (χ0) is 18.5. The summed E-state index contributed by atoms with van der Waals surface area (Å²) < 4.78 is 12.7. The second-order valence-electron chi connectivity index (χ2n) is 7.88. The molecule has 26 heavy (non-hydrogen) atoms. The fourth-order valence-corrected chi connectivity index (χ4v) is 4.41. The van der Waals surface area contributed by atoms with Crippen LogP contribution in [0.5, 0.6) is 5.75 Å². The van der Waals surface area contributed by atoms with Crippen molar-refractivity contribution < 1.29 is 19.4 Å². The van der Waals surface area contributed by atoms with Gasteiger partial charge in [-0.3, -0.25) is 0 Å². The lowest BCUT2D eigenvalue weighted by Gasteiger charge is -2.50. The quantitative estimate of drug-likeness (QED) is 0.843. The van der Waals surface area contributed by atoms with Crippen LogP contribution in [-0.4, -0.2) is 22.8 Å². The van der Waals surface area contributed by atoms with Crippen LogP contribution in [-0.2, 0) is 4.74 Å². The van der Waals surface area contributed by atoms with Gasteiger partial charge in [0.05, 0.1) is 17.8 Å². The molecule has 0 unspecified atom stereocenters. The fraction of sp³-hybridized carbons (Fsp3) is 0.409. The molecule has 0 radical (unpaired) electrons. The van der Waals surface area contributed by atoms with E-state index in [1.54, 1.807) is 12.1 Å². The monoisotopic (exact) mass is 352 g/mol. The zero-order valence-corrected chi connectivity index (χ0v) is 15.3. The van der Waals surface area contributed by atoms with Crippen LogP contribution in [0, 0.1) is 5.92 Å². The molecule has 0 aliphatic carbocycles. The molecule has 2 heterocycles. The lowest BCUT2D eigenvalue weighted by molar-refractivity contribution is -0.153. The number of ether oxygens (including phenoxy) is 2. The Morgan fingerprint density at radius 3 is 2.58 bits per heavy atom. The van der Waals surface area contributed by atoms with Gasteiger partial charge in [0.15, 0.2) is 0 Å². The maximum absolute atomic E-state index is 11.3. The summed E-state index contributed by atoms with van der Waals surface area (Å²) in [5, 5.41) is 9.26. The van der Waals surface area contributed by atoms with Gasteiger partial charge in [-0.25, -0.2) is 4.79 Å². The highest BCUT2D eigenvalue weighted by atomic mass is 16.5. The van der Waals surface area contributed by atoms with Gasteiger partial charge in [-0.1, -0.05) is 36.4 Å². The Labute approximate surface area is 153 Å². The third-order valence-corrected chi connectivity index (χ3v) is 5.86. The highest BCUT2D eigenvalue weighted by Crippen LogP contribution is 2.53. The highest BCUT2D eigenvalue weighted by Gasteiger charge is 2.49. The summed E-state index contributed by atoms with van der Waals surface area (Å²) in [6, 6.07) is 15.6. The topological polar surface area (TPSA) is 55.8 Å². The Kier molecular flexibility index (Phi) is 4.03. The van der Waals surface area contributed by atoms with E-state index in [4.69, 9.17) is 9.47 Å². The van der Waals surface area contributed by atoms with Crippen LogP contribution in [0.1, 0.15) is 60.7 Å². The van der Waals surface area contributed by atoms with Gasteiger partial charge < -0.3 is 14.6 Å². The number of carboxylic acid groups (broad SMARTS) is 1. The molecule has 2 aromatic rings. The first kappa shape index (κ1) is 17.1. The smallest absolute Gasteiger partial charge is 0.335 e. The van der Waals surface area contributed by atoms with Crippen LogP contribution < -0.4 is 4.74 Å². The van der Waals surface area contributed by atoms with E-state index in [0.717, 1.165) is 12.0 Å². The molecule has 1 N–H and O–H groups in total. The standard InChI is InChI=1S/C22H24O4/c1-13-17(14-7-5-4-6-8-14)12-18-20(25-13)16-10-9-15(21(23)24)11-19(16)26-22(18,2)3/h4-11,13,17-18,20H,12H2,1-3H3,(H,23,24)/t13-,17+,18-,20+/m0/s1. The Bertz CT molecular complexity index is 827. The predicted octanol–water partition coefficient (Wildman–Crippen LogP) is 4.81. The van der Waals surface area contributed by atoms with E-state index < -0.39 is 11.6 Å². The summed E-state index contributed by atoms with van der Waals surface area (Å²) in [5.41, 5.74) is 2.06. The SMILES string of the molecule is C[C@@H]1O[C@@H]2c3ccc(C(=O)O)cc3OC(C)(C)[C@H]2C[C@H]1c1ccccc1. The average Bonchev–Trinajstić information content (AvgIpc) is 2.61. The summed E-state index contributed by atoms with van der Waals surface area (Å²) in [5.74, 6) is 0.201. The van der Waals surface area contributed by atoms with E-state index in [-0.39, 0.29) is 23.7 Å². The van der Waals surface area contributed by atoms with Crippen molar-refractivity contribution in [1.29, 1.82) is 0 Å². The summed E-state index contributed by atoms with van der Waals surface area (Å²) >= 11 is 0. The van der Waals surface area contributed by atoms with Crippen molar-refractivity contribution in [3.63, 3.8) is 0 Å². The van der Waals surface area contributed by atoms with Crippen molar-refractivity contribution >= 4 is 5.97 Å². The van der Waals surface area contributed by atoms with Gasteiger partial charge in [-0.05, 0) is 44.9 Å². The first-order valence-corrected chi connectivity index (χ1v) is 9.13. The number of fused-ring (bicyclic) bond motifs is 3. The molecule has 4 rings (SSSR count). The molecule has 0 amide bonds. The maximum Gasteiger partial charge on any atom is 0.335 e. The summed E-state index contributed by atoms with van der Waals surface area (Å²) in [6.45, 7) is 6.27. The van der Waals surface area contributed by atoms with E-state index in [1.807, 2.05) is 12.1 Å². The maximum atomic E-state index is 11.3. The van der Waals surface area contributed by atoms with Crippen molar-refractivity contribution in [3.05, 3.63) is 65.2 Å². The van der Waals surface area contributed by atoms with Crippen molar-refractivity contribution in [1.82, 2.24) is 0 Å². The van der Waals surface area contributed by atoms with Crippen LogP contribution in [0.3, 0.4) is 0 Å². The van der Waals surface area contributed by atoms with Crippen LogP contribution in [0.25, 0.3) is 0 Å². The predicted molar refractivity (Wildman–Crippen MR) is 98.7 cm³/mol. The molecule has 0 spiro atoms. The average molecular weight is 352 g/mol. The Morgan fingerprint density at radius 1 is 1.15 bits per heavy atom. The number of carbonyl (C=O) groups is 1. The van der Waals surface area contributed by atoms with Crippen molar-refractivity contribution in [3.8, 4) is 5.75 Å². The van der Waals surface area contributed by atoms with Crippen LogP contribution in [0.15, 0.2) is 48.5 Å². The summed E-state index contributed by atoms with van der Waals surface area (Å²) in [4.78, 5) is 11.3. The van der Waals surface area contributed by atoms with Gasteiger partial charge in [-0.15, -0.1) is 0 Å². The van der Waals surface area contributed by atoms with Gasteiger partial charge in [0.1, 0.15) is 11.4 Å². The number of rotatable bonds is 2. The molecule has 1 saturated heterocycles. The number of hydrogen-bond acceptors (Lipinski definition) is 3. The second-order valence-corrected chi connectivity index (χ2v) is 7.88. The highest BCUT2D eigenvalue weighted by molar-refractivity contribution is 5.88. The van der Waals surface area contributed by atoms with Crippen molar-refractivity contribution in [2.75, 3.05) is 0 Å². The molecule has 4 atom stereocenters. The van der Waals surface area contributed by atoms with Crippen molar-refractivity contribution in [2.45, 2.75) is 50.9 Å². The van der Waals surface area contributed by atoms with Gasteiger partial charge >= 0.3 is 5.97 Å². The molecular formula is C22H24O4. The van der Waals surface area contributed by atoms with Gasteiger partial charge in [0.25, 0.3) is 0 Å². The summed E-state index contributed by atoms with van der Waals surface area (Å²) in [7, 11) is 0. The van der Waals surface area contributed by atoms with E-state index in [2.05, 4.69) is 45.0 Å². The van der Waals surface area contributed by atoms with Crippen LogP contribution in [0.4, 0.5) is 0 Å². The zero-order valence-electron chi connectivity index (χ0n) is 15.3. The lowest BCUT2D eigenvalue weighted by atomic mass is 9.70. The second kappa shape index (κ2) is 6.13. The normalized spacial score (nSPS) is 29.2. The molecule has 136 valence electrons. The van der Waals surface area contributed by atoms with E-state index in [1.165, 1.54) is 5.56 Å². The number of hydrogen-bond donors (Lipinski definition) is 1. The van der Waals surface area contributed by atoms with Crippen LogP contribution >= 0.6 is 0 Å². The third-order valence-electron chi connectivity index (χ3n) is 5.86. The molecule has 1 fully saturated rings. The lowest BCUT2D eigenvalue weighted by Crippen LogP contribution is -2.50. The Balaban J connectivity index is 1.71. The Morgan fingerprint density at radius 2 is 1.88 bits per heavy atom. The van der Waals surface area contributed by atoms with Gasteiger partial charge in [0, 0.05) is 17.4 Å². The molecular weight excluding hydrogens is 328 g/mol. The molecule has 0 aromatic heterocycles. The first-order chi connectivity index (χ1) is 12.4. The molecule has 0 bridgehead atoms. The number of carboxylic acids is 1. The molecule has 4 heteroatoms. The van der Waals surface area contributed by atoms with Gasteiger partial charge in [-0.2, -0.15) is 0 Å². The molecule has 2 aliphatic heterocycles. The third kappa shape index (κ3) is 2.78. The molecule has 0 saturated carbocycles. The minimum absolute atomic E-state index is 0.0773.